The van der Waals surface area contributed by atoms with Gasteiger partial charge in [-0.1, -0.05) is 140 Å². The number of aromatic nitrogens is 15. The predicted molar refractivity (Wildman–Crippen MR) is 502 cm³/mol. The fourth-order valence-corrected chi connectivity index (χ4v) is 17.9. The van der Waals surface area contributed by atoms with Gasteiger partial charge in [0.15, 0.2) is 0 Å². The molecule has 9 aromatic carbocycles. The van der Waals surface area contributed by atoms with Crippen LogP contribution in [0.1, 0.15) is 80.4 Å². The van der Waals surface area contributed by atoms with Crippen molar-refractivity contribution in [3.63, 3.8) is 0 Å². The summed E-state index contributed by atoms with van der Waals surface area (Å²) >= 11 is 0. The molecule has 5 saturated heterocycles. The quantitative estimate of drug-likeness (QED) is 0.0325. The monoisotopic (exact) mass is 1920 g/mol. The molecule has 10 heterocycles. The number of phenolic OH excluding ortho intramolecular Hbond substituents is 1. The van der Waals surface area contributed by atoms with Crippen LogP contribution in [0.5, 0.6) is 11.5 Å². The van der Waals surface area contributed by atoms with Crippen LogP contribution in [0.4, 0.5) is 22.7 Å². The maximum Gasteiger partial charge on any atom is 1.00 e. The Morgan fingerprint density at radius 1 is 0.382 bits per heavy atom. The van der Waals surface area contributed by atoms with Crippen LogP contribution in [-0.2, 0) is 94.0 Å². The van der Waals surface area contributed by atoms with Crippen LogP contribution in [-0.4, -0.2) is 211 Å². The zero-order valence-corrected chi connectivity index (χ0v) is 81.5. The van der Waals surface area contributed by atoms with Crippen molar-refractivity contribution >= 4 is 43.0 Å². The van der Waals surface area contributed by atoms with Gasteiger partial charge in [-0.3, -0.25) is 8.37 Å². The van der Waals surface area contributed by atoms with Gasteiger partial charge in [0.2, 0.25) is 17.4 Å². The Bertz CT molecular complexity index is 6240. The summed E-state index contributed by atoms with van der Waals surface area (Å²) < 4.78 is 110. The van der Waals surface area contributed by atoms with E-state index in [1.165, 1.54) is 44.2 Å². The Morgan fingerprint density at radius 2 is 0.662 bits per heavy atom. The number of phenols is 1. The van der Waals surface area contributed by atoms with Gasteiger partial charge in [0.1, 0.15) is 68.7 Å². The van der Waals surface area contributed by atoms with Crippen molar-refractivity contribution in [2.75, 3.05) is 112 Å². The smallest absolute Gasteiger partial charge is 0.870 e. The van der Waals surface area contributed by atoms with Gasteiger partial charge in [0, 0.05) is 91.8 Å². The van der Waals surface area contributed by atoms with Crippen molar-refractivity contribution < 1.29 is 120 Å². The summed E-state index contributed by atoms with van der Waals surface area (Å²) in [5.74, 6) is -2.14. The first kappa shape index (κ1) is 100. The first-order valence-electron chi connectivity index (χ1n) is 44.6. The minimum absolute atomic E-state index is 0. The van der Waals surface area contributed by atoms with E-state index in [2.05, 4.69) is 104 Å². The summed E-state index contributed by atoms with van der Waals surface area (Å²) in [6.45, 7) is 20.8. The summed E-state index contributed by atoms with van der Waals surface area (Å²) in [6.07, 6.45) is 13.1. The van der Waals surface area contributed by atoms with Crippen molar-refractivity contribution in [2.24, 2.45) is 0 Å². The van der Waals surface area contributed by atoms with Crippen molar-refractivity contribution in [1.82, 2.24) is 73.7 Å². The molecule has 14 aromatic rings. The number of aryl methyl sites for hydroxylation is 2. The van der Waals surface area contributed by atoms with E-state index in [0.717, 1.165) is 127 Å². The molecule has 708 valence electrons. The fourth-order valence-electron chi connectivity index (χ4n) is 16.0. The van der Waals surface area contributed by atoms with Gasteiger partial charge in [0.05, 0.1) is 103 Å². The summed E-state index contributed by atoms with van der Waals surface area (Å²) in [4.78, 5) is 39.6. The molecule has 2 N–H and O–H groups in total. The summed E-state index contributed by atoms with van der Waals surface area (Å²) in [5, 5.41) is 43.0. The number of benzene rings is 9. The average molecular weight is 1920 g/mol. The second kappa shape index (κ2) is 45.9. The van der Waals surface area contributed by atoms with Crippen LogP contribution < -0.4 is 87.1 Å². The predicted octanol–water partition coefficient (Wildman–Crippen LogP) is 8.66. The van der Waals surface area contributed by atoms with Crippen LogP contribution in [0.15, 0.2) is 306 Å². The van der Waals surface area contributed by atoms with Crippen molar-refractivity contribution in [3.8, 4) is 22.9 Å². The molecule has 0 unspecified atom stereocenters. The number of anilines is 4. The number of piperazine rings is 2. The second-order valence-electron chi connectivity index (χ2n) is 33.1. The number of rotatable bonds is 30. The van der Waals surface area contributed by atoms with Crippen LogP contribution in [0, 0.1) is 13.8 Å². The van der Waals surface area contributed by atoms with E-state index in [9.17, 15) is 31.5 Å². The molecule has 0 radical (unpaired) electrons. The molecule has 136 heavy (non-hydrogen) atoms. The van der Waals surface area contributed by atoms with E-state index < -0.39 is 49.8 Å². The second-order valence-corrected chi connectivity index (χ2v) is 36.3. The van der Waals surface area contributed by atoms with Gasteiger partial charge >= 0.3 is 62.8 Å². The van der Waals surface area contributed by atoms with Crippen molar-refractivity contribution in [1.29, 1.82) is 0 Å². The Kier molecular flexibility index (Phi) is 33.8. The Balaban J connectivity index is 0.000000148. The van der Waals surface area contributed by atoms with Crippen molar-refractivity contribution in [3.05, 3.63) is 335 Å². The molecular formula is C97H110KN19O17S2. The average Bonchev–Trinajstić information content (AvgIpc) is 1.64. The topological polar surface area (TPSA) is 386 Å². The summed E-state index contributed by atoms with van der Waals surface area (Å²) in [6, 6.07) is 73.8. The van der Waals surface area contributed by atoms with E-state index in [0.29, 0.717) is 25.5 Å². The molecule has 19 rings (SSSR count). The van der Waals surface area contributed by atoms with Crippen LogP contribution in [0.2, 0.25) is 0 Å². The Morgan fingerprint density at radius 3 is 0.963 bits per heavy atom. The first-order valence-corrected chi connectivity index (χ1v) is 47.4. The minimum Gasteiger partial charge on any atom is -0.870 e. The van der Waals surface area contributed by atoms with Crippen LogP contribution in [0.25, 0.3) is 11.4 Å². The molecule has 5 fully saturated rings. The number of ether oxygens (including phenoxy) is 7. The van der Waals surface area contributed by atoms with Gasteiger partial charge < -0.3 is 63.3 Å². The van der Waals surface area contributed by atoms with Gasteiger partial charge in [0.25, 0.3) is 20.2 Å². The molecule has 0 amide bonds. The molecule has 8 atom stereocenters. The van der Waals surface area contributed by atoms with E-state index in [1.807, 2.05) is 174 Å². The largest absolute Gasteiger partial charge is 1.00 e. The maximum absolute atomic E-state index is 12.8. The zero-order chi connectivity index (χ0) is 93.2. The Hall–Kier alpha value is -11.7. The van der Waals surface area contributed by atoms with Crippen molar-refractivity contribution in [2.45, 2.75) is 132 Å². The molecule has 0 aliphatic carbocycles. The van der Waals surface area contributed by atoms with E-state index in [-0.39, 0.29) is 136 Å². The van der Waals surface area contributed by atoms with Gasteiger partial charge in [-0.2, -0.15) is 72.0 Å². The van der Waals surface area contributed by atoms with Gasteiger partial charge in [-0.25, -0.2) is 28.1 Å². The molecule has 36 nitrogen and oxygen atoms in total. The number of nitrogens with zero attached hydrogens (tertiary/aromatic N) is 19. The summed E-state index contributed by atoms with van der Waals surface area (Å²) in [5.41, 5.74) is 10.5. The molecular weight excluding hydrogens is 1810 g/mol. The van der Waals surface area contributed by atoms with Crippen LogP contribution >= 0.6 is 0 Å². The molecule has 0 saturated carbocycles. The molecule has 0 bridgehead atoms. The molecule has 5 aromatic heterocycles. The van der Waals surface area contributed by atoms with Gasteiger partial charge in [-0.05, 0) is 162 Å². The number of hydrogen-bond donors (Lipinski definition) is 1. The normalized spacial score (nSPS) is 19.8. The SMILES string of the molecule is CC[C@H](C)n1ncn(-c2ccc(N3CCN(c4ccc(O)cc4)CC3)cc2)c1=O.CC[C@H](C)n1ncn(-c2ccc(N3CCN(c4ccc(OC[C@@H]5CO[C@@](Cn6nccn6)(c6ccccc6)O5)cc4)CC3)cc2)c1=O.Cc1ccc(S(=O)(=O)OC[C@@H]2CO[C@@](Cn3nccn3)(c3ccccc3)O2)cc1.Cc1ccc(S(=O)(=O)OC[C@@H]2CO[C@](Cn3nccn3)(c3ccccc3)O2)cc1.[K+].[OH-]. The van der Waals surface area contributed by atoms with E-state index >= 15 is 0 Å². The summed E-state index contributed by atoms with van der Waals surface area (Å²) in [7, 11) is -7.76. The number of hydrogen-bond acceptors (Lipinski definition) is 29. The Labute approximate surface area is 831 Å². The van der Waals surface area contributed by atoms with Crippen LogP contribution in [0.3, 0.4) is 0 Å². The maximum atomic E-state index is 12.8. The number of aromatic hydroxyl groups is 1. The van der Waals surface area contributed by atoms with E-state index in [4.69, 9.17) is 41.5 Å². The third-order valence-corrected chi connectivity index (χ3v) is 26.5. The van der Waals surface area contributed by atoms with Gasteiger partial charge in [-0.15, -0.1) is 0 Å². The van der Waals surface area contributed by atoms with E-state index in [1.54, 1.807) is 105 Å². The zero-order valence-electron chi connectivity index (χ0n) is 76.8. The minimum atomic E-state index is -3.88. The molecule has 5 aliphatic heterocycles. The molecule has 5 aliphatic rings. The first-order chi connectivity index (χ1) is 65.0. The standard InChI is InChI=1S/C35H40N8O4.C22H27N5O2.2C20H21N3O5S.K.H2O/c1-3-27(2)43-34(44)41(26-38-43)31-11-9-29(10-12-31)39-19-21-40(22-20-39)30-13-15-32(16-14-30)45-23-33-24-46-35(47-33,25-42-36-17-18-37-42)28-7-5-4-6-8-28;1-3-17(2)27-22(29)26(16-23-27)20-6-4-18(5-7-20)24-12-14-25(15-13-24)19-8-10-21(28)11-9-19;2*1-16-7-9-19(10-8-16)29(24,25)27-14-18-13-26-20(28-18,15-23-21-11-12-22-23)17-5-3-2-4-6-17;;/h4-18,26-27,33H,3,19-25H2,1-2H3;4-11,16-17,28H,3,12-15H2,1-2H3;2*2-12,18H,13-15H2,1H3;;1H2/q;;;;+1;/p-1/t27-,33+,35+;17-;18-,20+;18-,20-;;/m0000../s1. The molecule has 0 spiro atoms. The molecule has 39 heteroatoms. The third kappa shape index (κ3) is 24.6. The fraction of sp³-hybridized carbons (Fsp3) is 0.340. The third-order valence-electron chi connectivity index (χ3n) is 23.9.